The number of nitrogens with zero attached hydrogens (tertiary/aromatic N) is 2. The topological polar surface area (TPSA) is 111 Å². The molecule has 2 aromatic carbocycles. The molecule has 5 rings (SSSR count). The molecule has 2 aliphatic heterocycles. The number of benzene rings is 2. The van der Waals surface area contributed by atoms with Gasteiger partial charge >= 0.3 is 0 Å². The standard InChI is InChI=1S/C34H45N5O4.ClH/c1-23(35-2)32(41)36-28-22-38(30(40)21-24-11-9-10-12-24)20-19-27-17-18-29(39(27)34(28)43)33(42)37-31(25-13-5-3-6-14-25)26-15-7-4-8-16-26;/h3-8,13-16,23-24,27-29,31,35H,9-12,17-22H2,1-2H3,(H,36,41)(H,37,42);1H/t23-,27+,28-,29-;/m0./s1. The van der Waals surface area contributed by atoms with Crippen LogP contribution in [0.3, 0.4) is 0 Å². The minimum Gasteiger partial charge on any atom is -0.343 e. The van der Waals surface area contributed by atoms with E-state index in [0.717, 1.165) is 36.8 Å². The highest BCUT2D eigenvalue weighted by atomic mass is 35.5. The first kappa shape index (κ1) is 33.5. The highest BCUT2D eigenvalue weighted by Crippen LogP contribution is 2.32. The van der Waals surface area contributed by atoms with Gasteiger partial charge in [-0.1, -0.05) is 73.5 Å². The number of rotatable bonds is 9. The molecule has 0 spiro atoms. The van der Waals surface area contributed by atoms with Crippen LogP contribution in [0.2, 0.25) is 0 Å². The van der Waals surface area contributed by atoms with E-state index in [4.69, 9.17) is 0 Å². The third kappa shape index (κ3) is 7.80. The fourth-order valence-electron chi connectivity index (χ4n) is 6.87. The molecule has 10 heteroatoms. The van der Waals surface area contributed by atoms with E-state index in [1.165, 1.54) is 0 Å². The number of fused-ring (bicyclic) bond motifs is 1. The Morgan fingerprint density at radius 3 is 2.09 bits per heavy atom. The Balaban J connectivity index is 0.00000442. The maximum Gasteiger partial charge on any atom is 0.247 e. The van der Waals surface area contributed by atoms with Crippen LogP contribution in [0.15, 0.2) is 60.7 Å². The van der Waals surface area contributed by atoms with Crippen molar-refractivity contribution in [2.24, 2.45) is 5.92 Å². The number of carbonyl (C=O) groups excluding carboxylic acids is 4. The van der Waals surface area contributed by atoms with Crippen LogP contribution in [0.25, 0.3) is 0 Å². The average Bonchev–Trinajstić information content (AvgIpc) is 3.70. The summed E-state index contributed by atoms with van der Waals surface area (Å²) in [6.07, 6.45) is 6.75. The largest absolute Gasteiger partial charge is 0.343 e. The van der Waals surface area contributed by atoms with E-state index >= 15 is 0 Å². The molecule has 238 valence electrons. The lowest BCUT2D eigenvalue weighted by Crippen LogP contribution is -2.62. The van der Waals surface area contributed by atoms with Crippen LogP contribution >= 0.6 is 12.4 Å². The molecule has 44 heavy (non-hydrogen) atoms. The average molecular weight is 624 g/mol. The summed E-state index contributed by atoms with van der Waals surface area (Å²) in [6.45, 7) is 2.34. The highest BCUT2D eigenvalue weighted by Gasteiger charge is 2.46. The van der Waals surface area contributed by atoms with Gasteiger partial charge in [0.15, 0.2) is 0 Å². The molecule has 3 N–H and O–H groups in total. The van der Waals surface area contributed by atoms with Gasteiger partial charge in [0.05, 0.1) is 12.1 Å². The number of amides is 4. The molecule has 9 nitrogen and oxygen atoms in total. The van der Waals surface area contributed by atoms with Gasteiger partial charge in [0.2, 0.25) is 23.6 Å². The summed E-state index contributed by atoms with van der Waals surface area (Å²) in [4.78, 5) is 58.1. The maximum absolute atomic E-state index is 14.3. The molecule has 2 saturated heterocycles. The van der Waals surface area contributed by atoms with E-state index in [9.17, 15) is 19.2 Å². The second-order valence-electron chi connectivity index (χ2n) is 12.3. The molecule has 0 bridgehead atoms. The van der Waals surface area contributed by atoms with E-state index in [0.29, 0.717) is 38.1 Å². The van der Waals surface area contributed by atoms with Crippen molar-refractivity contribution in [2.75, 3.05) is 20.1 Å². The minimum atomic E-state index is -0.925. The molecule has 0 unspecified atom stereocenters. The first-order valence-electron chi connectivity index (χ1n) is 15.8. The molecule has 3 aliphatic rings. The molecule has 2 aromatic rings. The van der Waals surface area contributed by atoms with Crippen LogP contribution in [0.1, 0.15) is 75.5 Å². The molecule has 0 aromatic heterocycles. The predicted molar refractivity (Wildman–Crippen MR) is 172 cm³/mol. The lowest BCUT2D eigenvalue weighted by Gasteiger charge is -2.39. The summed E-state index contributed by atoms with van der Waals surface area (Å²) in [5.41, 5.74) is 1.91. The number of hydrogen-bond donors (Lipinski definition) is 3. The van der Waals surface area contributed by atoms with E-state index in [-0.39, 0.29) is 54.7 Å². The third-order valence-corrected chi connectivity index (χ3v) is 9.48. The summed E-state index contributed by atoms with van der Waals surface area (Å²) in [6, 6.07) is 17.0. The zero-order valence-electron chi connectivity index (χ0n) is 25.7. The zero-order valence-corrected chi connectivity index (χ0v) is 26.6. The van der Waals surface area contributed by atoms with Gasteiger partial charge < -0.3 is 25.8 Å². The van der Waals surface area contributed by atoms with Crippen LogP contribution in [0.4, 0.5) is 0 Å². The van der Waals surface area contributed by atoms with Gasteiger partial charge in [-0.2, -0.15) is 0 Å². The van der Waals surface area contributed by atoms with Crippen molar-refractivity contribution in [2.45, 2.75) is 88.5 Å². The van der Waals surface area contributed by atoms with Crippen LogP contribution in [-0.2, 0) is 19.2 Å². The van der Waals surface area contributed by atoms with Crippen molar-refractivity contribution in [3.63, 3.8) is 0 Å². The summed E-state index contributed by atoms with van der Waals surface area (Å²) in [5.74, 6) is -0.376. The third-order valence-electron chi connectivity index (χ3n) is 9.48. The van der Waals surface area contributed by atoms with Gasteiger partial charge in [0, 0.05) is 25.6 Å². The predicted octanol–water partition coefficient (Wildman–Crippen LogP) is 3.58. The second kappa shape index (κ2) is 15.5. The number of hydrogen-bond acceptors (Lipinski definition) is 5. The van der Waals surface area contributed by atoms with Crippen molar-refractivity contribution in [1.82, 2.24) is 25.8 Å². The van der Waals surface area contributed by atoms with E-state index < -0.39 is 18.1 Å². The van der Waals surface area contributed by atoms with Crippen molar-refractivity contribution < 1.29 is 19.2 Å². The Labute approximate surface area is 266 Å². The van der Waals surface area contributed by atoms with Crippen molar-refractivity contribution in [3.05, 3.63) is 71.8 Å². The first-order valence-corrected chi connectivity index (χ1v) is 15.8. The number of halogens is 1. The normalized spacial score (nSPS) is 22.9. The molecular formula is C34H46ClN5O4. The lowest BCUT2D eigenvalue weighted by molar-refractivity contribution is -0.147. The van der Waals surface area contributed by atoms with E-state index in [2.05, 4.69) is 16.0 Å². The van der Waals surface area contributed by atoms with E-state index in [1.807, 2.05) is 60.7 Å². The Kier molecular flexibility index (Phi) is 11.8. The lowest BCUT2D eigenvalue weighted by atomic mass is 9.98. The molecule has 0 radical (unpaired) electrons. The Hall–Kier alpha value is -3.43. The molecule has 4 amide bonds. The Morgan fingerprint density at radius 2 is 1.50 bits per heavy atom. The molecule has 1 aliphatic carbocycles. The SMILES string of the molecule is CN[C@@H](C)C(=O)N[C@H]1CN(C(=O)CC2CCCC2)CC[C@H]2CC[C@@H](C(=O)NC(c3ccccc3)c3ccccc3)N2C1=O.Cl. The minimum absolute atomic E-state index is 0. The van der Waals surface area contributed by atoms with Gasteiger partial charge in [0.1, 0.15) is 12.1 Å². The number of likely N-dealkylation sites (N-methyl/N-ethyl adjacent to an activating group) is 1. The van der Waals surface area contributed by atoms with Gasteiger partial charge in [0.25, 0.3) is 0 Å². The number of nitrogens with one attached hydrogen (secondary N) is 3. The zero-order chi connectivity index (χ0) is 30.3. The molecule has 1 saturated carbocycles. The van der Waals surface area contributed by atoms with Crippen LogP contribution in [-0.4, -0.2) is 77.7 Å². The van der Waals surface area contributed by atoms with Gasteiger partial charge in [-0.3, -0.25) is 19.2 Å². The van der Waals surface area contributed by atoms with Gasteiger partial charge in [-0.05, 0) is 63.1 Å². The smallest absolute Gasteiger partial charge is 0.247 e. The molecule has 3 fully saturated rings. The summed E-state index contributed by atoms with van der Waals surface area (Å²) < 4.78 is 0. The molecule has 2 heterocycles. The Bertz CT molecular complexity index is 1230. The summed E-state index contributed by atoms with van der Waals surface area (Å²) >= 11 is 0. The second-order valence-corrected chi connectivity index (χ2v) is 12.3. The molecule has 4 atom stereocenters. The van der Waals surface area contributed by atoms with Crippen LogP contribution in [0.5, 0.6) is 0 Å². The van der Waals surface area contributed by atoms with Crippen molar-refractivity contribution in [1.29, 1.82) is 0 Å². The Morgan fingerprint density at radius 1 is 0.886 bits per heavy atom. The first-order chi connectivity index (χ1) is 20.9. The highest BCUT2D eigenvalue weighted by molar-refractivity contribution is 5.94. The maximum atomic E-state index is 14.3. The quantitative estimate of drug-likeness (QED) is 0.396. The van der Waals surface area contributed by atoms with Gasteiger partial charge in [-0.15, -0.1) is 12.4 Å². The fraction of sp³-hybridized carbons (Fsp3) is 0.529. The van der Waals surface area contributed by atoms with Crippen molar-refractivity contribution >= 4 is 36.0 Å². The fourth-order valence-corrected chi connectivity index (χ4v) is 6.87. The van der Waals surface area contributed by atoms with Gasteiger partial charge in [-0.25, -0.2) is 0 Å². The van der Waals surface area contributed by atoms with E-state index in [1.54, 1.807) is 23.8 Å². The molecular weight excluding hydrogens is 578 g/mol. The van der Waals surface area contributed by atoms with Crippen LogP contribution in [0, 0.1) is 5.92 Å². The van der Waals surface area contributed by atoms with Crippen LogP contribution < -0.4 is 16.0 Å². The van der Waals surface area contributed by atoms with Crippen molar-refractivity contribution in [3.8, 4) is 0 Å². The summed E-state index contributed by atoms with van der Waals surface area (Å²) in [5, 5.41) is 9.07. The monoisotopic (exact) mass is 623 g/mol. The summed E-state index contributed by atoms with van der Waals surface area (Å²) in [7, 11) is 1.69. The number of carbonyl (C=O) groups is 4.